The number of nitrogens with zero attached hydrogens (tertiary/aromatic N) is 1. The smallest absolute Gasteiger partial charge is 0.282 e. The Morgan fingerprint density at radius 3 is 2.52 bits per heavy atom. The van der Waals surface area contributed by atoms with E-state index in [9.17, 15) is 14.9 Å². The summed E-state index contributed by atoms with van der Waals surface area (Å²) in [5, 5.41) is 13.8. The molecule has 1 N–H and O–H groups in total. The van der Waals surface area contributed by atoms with Crippen LogP contribution in [0, 0.1) is 24.0 Å². The Morgan fingerprint density at radius 2 is 1.90 bits per heavy atom. The third kappa shape index (κ3) is 3.28. The van der Waals surface area contributed by atoms with Gasteiger partial charge in [-0.3, -0.25) is 14.9 Å². The number of amides is 1. The van der Waals surface area contributed by atoms with Gasteiger partial charge in [-0.2, -0.15) is 0 Å². The van der Waals surface area contributed by atoms with Gasteiger partial charge in [0, 0.05) is 16.2 Å². The van der Waals surface area contributed by atoms with Crippen LogP contribution in [-0.4, -0.2) is 10.8 Å². The lowest BCUT2D eigenvalue weighted by molar-refractivity contribution is -0.385. The maximum Gasteiger partial charge on any atom is 0.282 e. The van der Waals surface area contributed by atoms with Crippen molar-refractivity contribution in [2.75, 3.05) is 5.32 Å². The number of halogens is 1. The summed E-state index contributed by atoms with van der Waals surface area (Å²) >= 11 is 3.35. The van der Waals surface area contributed by atoms with Gasteiger partial charge in [0.25, 0.3) is 11.6 Å². The molecule has 0 bridgehead atoms. The molecule has 2 rings (SSSR count). The van der Waals surface area contributed by atoms with E-state index >= 15 is 0 Å². The Balaban J connectivity index is 2.39. The molecule has 0 unspecified atom stereocenters. The van der Waals surface area contributed by atoms with Crippen molar-refractivity contribution in [3.8, 4) is 0 Å². The number of anilines is 1. The maximum absolute atomic E-state index is 12.4. The Bertz CT molecular complexity index is 729. The fourth-order valence-corrected chi connectivity index (χ4v) is 2.53. The highest BCUT2D eigenvalue weighted by Gasteiger charge is 2.22. The van der Waals surface area contributed by atoms with Crippen LogP contribution in [0.25, 0.3) is 0 Å². The number of rotatable bonds is 3. The van der Waals surface area contributed by atoms with E-state index in [1.807, 2.05) is 13.0 Å². The van der Waals surface area contributed by atoms with Crippen LogP contribution >= 0.6 is 15.9 Å². The van der Waals surface area contributed by atoms with Gasteiger partial charge in [0.1, 0.15) is 5.56 Å². The van der Waals surface area contributed by atoms with Crippen LogP contribution in [0.2, 0.25) is 0 Å². The highest BCUT2D eigenvalue weighted by Crippen LogP contribution is 2.25. The molecule has 0 saturated carbocycles. The monoisotopic (exact) mass is 348 g/mol. The molecule has 0 aliphatic rings. The molecule has 21 heavy (non-hydrogen) atoms. The molecule has 0 aromatic heterocycles. The molecule has 6 heteroatoms. The molecule has 0 atom stereocenters. The van der Waals surface area contributed by atoms with Crippen molar-refractivity contribution >= 4 is 33.2 Å². The average Bonchev–Trinajstić information content (AvgIpc) is 2.41. The first-order valence-electron chi connectivity index (χ1n) is 6.21. The SMILES string of the molecule is Cc1cc(Br)ccc1NC(=O)c1c(C)cccc1[N+](=O)[O-]. The Hall–Kier alpha value is -2.21. The van der Waals surface area contributed by atoms with E-state index in [2.05, 4.69) is 21.2 Å². The van der Waals surface area contributed by atoms with Gasteiger partial charge >= 0.3 is 0 Å². The van der Waals surface area contributed by atoms with E-state index < -0.39 is 10.8 Å². The maximum atomic E-state index is 12.4. The van der Waals surface area contributed by atoms with Crippen LogP contribution in [0.1, 0.15) is 21.5 Å². The molecular weight excluding hydrogens is 336 g/mol. The largest absolute Gasteiger partial charge is 0.322 e. The summed E-state index contributed by atoms with van der Waals surface area (Å²) in [4.78, 5) is 22.9. The predicted molar refractivity (Wildman–Crippen MR) is 84.7 cm³/mol. The first-order chi connectivity index (χ1) is 9.90. The molecule has 0 radical (unpaired) electrons. The zero-order valence-corrected chi connectivity index (χ0v) is 13.1. The summed E-state index contributed by atoms with van der Waals surface area (Å²) in [5.74, 6) is -0.481. The highest BCUT2D eigenvalue weighted by molar-refractivity contribution is 9.10. The second-order valence-electron chi connectivity index (χ2n) is 4.64. The van der Waals surface area contributed by atoms with Crippen LogP contribution in [0.5, 0.6) is 0 Å². The Kier molecular flexibility index (Phi) is 4.37. The van der Waals surface area contributed by atoms with Crippen molar-refractivity contribution in [1.29, 1.82) is 0 Å². The van der Waals surface area contributed by atoms with Crippen molar-refractivity contribution in [3.05, 3.63) is 67.7 Å². The Labute approximate surface area is 130 Å². The minimum atomic E-state index is -0.545. The number of nitrogens with one attached hydrogen (secondary N) is 1. The summed E-state index contributed by atoms with van der Waals surface area (Å²) in [6.07, 6.45) is 0. The van der Waals surface area contributed by atoms with E-state index in [4.69, 9.17) is 0 Å². The van der Waals surface area contributed by atoms with E-state index in [1.165, 1.54) is 6.07 Å². The van der Waals surface area contributed by atoms with Gasteiger partial charge in [0.05, 0.1) is 4.92 Å². The second kappa shape index (κ2) is 6.05. The fourth-order valence-electron chi connectivity index (χ4n) is 2.05. The summed E-state index contributed by atoms with van der Waals surface area (Å²) in [6.45, 7) is 3.53. The van der Waals surface area contributed by atoms with Gasteiger partial charge in [0.2, 0.25) is 0 Å². The quantitative estimate of drug-likeness (QED) is 0.666. The zero-order valence-electron chi connectivity index (χ0n) is 11.5. The number of hydrogen-bond donors (Lipinski definition) is 1. The van der Waals surface area contributed by atoms with Crippen LogP contribution in [0.4, 0.5) is 11.4 Å². The van der Waals surface area contributed by atoms with Gasteiger partial charge in [-0.25, -0.2) is 0 Å². The molecule has 0 heterocycles. The molecule has 0 saturated heterocycles. The van der Waals surface area contributed by atoms with Crippen molar-refractivity contribution < 1.29 is 9.72 Å². The molecule has 0 aliphatic carbocycles. The standard InChI is InChI=1S/C15H13BrN2O3/c1-9-4-3-5-13(18(20)21)14(9)15(19)17-12-7-6-11(16)8-10(12)2/h3-8H,1-2H3,(H,17,19). The molecule has 5 nitrogen and oxygen atoms in total. The van der Waals surface area contributed by atoms with Crippen LogP contribution in [0.15, 0.2) is 40.9 Å². The number of nitro benzene ring substituents is 1. The fraction of sp³-hybridized carbons (Fsp3) is 0.133. The number of aryl methyl sites for hydroxylation is 2. The van der Waals surface area contributed by atoms with Gasteiger partial charge in [-0.05, 0) is 43.2 Å². The molecule has 1 amide bonds. The first-order valence-corrected chi connectivity index (χ1v) is 7.01. The van der Waals surface area contributed by atoms with Gasteiger partial charge in [0.15, 0.2) is 0 Å². The lowest BCUT2D eigenvalue weighted by atomic mass is 10.1. The van der Waals surface area contributed by atoms with Crippen molar-refractivity contribution in [2.24, 2.45) is 0 Å². The number of nitro groups is 1. The zero-order chi connectivity index (χ0) is 15.6. The van der Waals surface area contributed by atoms with Gasteiger partial charge in [-0.15, -0.1) is 0 Å². The Morgan fingerprint density at radius 1 is 1.19 bits per heavy atom. The number of benzene rings is 2. The summed E-state index contributed by atoms with van der Waals surface area (Å²) < 4.78 is 0.903. The summed E-state index contributed by atoms with van der Waals surface area (Å²) in [5.41, 5.74) is 1.96. The first kappa shape index (κ1) is 15.2. The molecule has 2 aromatic carbocycles. The van der Waals surface area contributed by atoms with E-state index in [-0.39, 0.29) is 11.3 Å². The highest BCUT2D eigenvalue weighted by atomic mass is 79.9. The third-order valence-electron chi connectivity index (χ3n) is 3.11. The second-order valence-corrected chi connectivity index (χ2v) is 5.56. The minimum Gasteiger partial charge on any atom is -0.322 e. The van der Waals surface area contributed by atoms with Gasteiger partial charge < -0.3 is 5.32 Å². The van der Waals surface area contributed by atoms with E-state index in [1.54, 1.807) is 31.2 Å². The minimum absolute atomic E-state index is 0.0878. The topological polar surface area (TPSA) is 72.2 Å². The molecular formula is C15H13BrN2O3. The van der Waals surface area contributed by atoms with Crippen LogP contribution in [-0.2, 0) is 0 Å². The average molecular weight is 349 g/mol. The van der Waals surface area contributed by atoms with Crippen molar-refractivity contribution in [3.63, 3.8) is 0 Å². The van der Waals surface area contributed by atoms with Gasteiger partial charge in [-0.1, -0.05) is 28.1 Å². The molecule has 0 fully saturated rings. The number of carbonyl (C=O) groups excluding carboxylic acids is 1. The van der Waals surface area contributed by atoms with E-state index in [0.29, 0.717) is 11.3 Å². The molecule has 108 valence electrons. The lowest BCUT2D eigenvalue weighted by Crippen LogP contribution is -2.16. The van der Waals surface area contributed by atoms with Crippen LogP contribution < -0.4 is 5.32 Å². The predicted octanol–water partition coefficient (Wildman–Crippen LogP) is 4.23. The third-order valence-corrected chi connectivity index (χ3v) is 3.60. The van der Waals surface area contributed by atoms with Crippen LogP contribution in [0.3, 0.4) is 0 Å². The summed E-state index contributed by atoms with van der Waals surface area (Å²) in [7, 11) is 0. The molecule has 2 aromatic rings. The lowest BCUT2D eigenvalue weighted by Gasteiger charge is -2.10. The summed E-state index contributed by atoms with van der Waals surface area (Å²) in [6, 6.07) is 9.99. The number of hydrogen-bond acceptors (Lipinski definition) is 3. The molecule has 0 aliphatic heterocycles. The van der Waals surface area contributed by atoms with E-state index in [0.717, 1.165) is 10.0 Å². The van der Waals surface area contributed by atoms with Crippen molar-refractivity contribution in [1.82, 2.24) is 0 Å². The van der Waals surface area contributed by atoms with Crippen molar-refractivity contribution in [2.45, 2.75) is 13.8 Å². The normalized spacial score (nSPS) is 10.2. The molecule has 0 spiro atoms. The number of carbonyl (C=O) groups is 1.